The van der Waals surface area contributed by atoms with Crippen molar-refractivity contribution in [2.24, 2.45) is 17.8 Å². The van der Waals surface area contributed by atoms with Crippen LogP contribution in [0.2, 0.25) is 0 Å². The molecule has 0 aromatic carbocycles. The quantitative estimate of drug-likeness (QED) is 0.669. The van der Waals surface area contributed by atoms with Crippen molar-refractivity contribution in [2.45, 2.75) is 45.3 Å². The van der Waals surface area contributed by atoms with Gasteiger partial charge in [-0.15, -0.1) is 0 Å². The number of carbonyl (C=O) groups excluding carboxylic acids is 1. The van der Waals surface area contributed by atoms with Gasteiger partial charge in [-0.2, -0.15) is 0 Å². The number of rotatable bonds is 0. The Bertz CT molecular complexity index is 458. The first kappa shape index (κ1) is 12.0. The Morgan fingerprint density at radius 2 is 2.22 bits per heavy atom. The third kappa shape index (κ3) is 1.50. The van der Waals surface area contributed by atoms with E-state index in [0.29, 0.717) is 0 Å². The topological polar surface area (TPSA) is 46.5 Å². The summed E-state index contributed by atoms with van der Waals surface area (Å²) in [5.41, 5.74) is 1.61. The van der Waals surface area contributed by atoms with Crippen LogP contribution in [0.5, 0.6) is 0 Å². The molecule has 18 heavy (non-hydrogen) atoms. The molecule has 0 bridgehead atoms. The first-order valence-electron chi connectivity index (χ1n) is 6.73. The molecular formula is C15H20O3. The summed E-state index contributed by atoms with van der Waals surface area (Å²) in [6, 6.07) is 0. The van der Waals surface area contributed by atoms with Crippen molar-refractivity contribution in [3.05, 3.63) is 23.3 Å². The van der Waals surface area contributed by atoms with Gasteiger partial charge in [-0.05, 0) is 32.3 Å². The molecule has 1 fully saturated rings. The molecular weight excluding hydrogens is 228 g/mol. The molecule has 3 heteroatoms. The zero-order valence-corrected chi connectivity index (χ0v) is 11.1. The lowest BCUT2D eigenvalue weighted by atomic mass is 9.77. The fourth-order valence-corrected chi connectivity index (χ4v) is 3.74. The molecule has 3 rings (SSSR count). The maximum atomic E-state index is 11.8. The molecule has 0 saturated carbocycles. The van der Waals surface area contributed by atoms with Crippen LogP contribution in [-0.2, 0) is 9.53 Å². The van der Waals surface area contributed by atoms with Gasteiger partial charge in [-0.1, -0.05) is 24.6 Å². The summed E-state index contributed by atoms with van der Waals surface area (Å²) in [6.07, 6.45) is 5.67. The Balaban J connectivity index is 2.05. The van der Waals surface area contributed by atoms with Gasteiger partial charge in [0.15, 0.2) is 0 Å². The van der Waals surface area contributed by atoms with Crippen LogP contribution in [0, 0.1) is 17.8 Å². The number of carbonyl (C=O) groups is 1. The van der Waals surface area contributed by atoms with Crippen LogP contribution in [0.1, 0.15) is 33.6 Å². The summed E-state index contributed by atoms with van der Waals surface area (Å²) in [5.74, 6) is 0.00498. The normalized spacial score (nSPS) is 46.8. The van der Waals surface area contributed by atoms with Gasteiger partial charge in [-0.3, -0.25) is 4.79 Å². The second-order valence-corrected chi connectivity index (χ2v) is 6.17. The summed E-state index contributed by atoms with van der Waals surface area (Å²) in [7, 11) is 0. The molecule has 1 heterocycles. The number of hydrogen-bond acceptors (Lipinski definition) is 3. The fourth-order valence-electron chi connectivity index (χ4n) is 3.74. The first-order valence-corrected chi connectivity index (χ1v) is 6.73. The average molecular weight is 248 g/mol. The SMILES string of the molecule is CC1=C2C=CC(C)(O)C2C2OC(=O)C(C)C2CC1. The second kappa shape index (κ2) is 3.70. The summed E-state index contributed by atoms with van der Waals surface area (Å²) in [6.45, 7) is 5.89. The number of ether oxygens (including phenoxy) is 1. The number of fused-ring (bicyclic) bond motifs is 3. The molecule has 0 aromatic heterocycles. The molecule has 1 aliphatic heterocycles. The number of allylic oxidation sites excluding steroid dienone is 2. The minimum absolute atomic E-state index is 0.0430. The zero-order valence-electron chi connectivity index (χ0n) is 11.1. The van der Waals surface area contributed by atoms with E-state index in [1.54, 1.807) is 0 Å². The predicted octanol–water partition coefficient (Wildman–Crippen LogP) is 2.21. The summed E-state index contributed by atoms with van der Waals surface area (Å²) < 4.78 is 5.58. The van der Waals surface area contributed by atoms with Crippen molar-refractivity contribution in [1.29, 1.82) is 0 Å². The smallest absolute Gasteiger partial charge is 0.309 e. The first-order chi connectivity index (χ1) is 8.42. The van der Waals surface area contributed by atoms with E-state index in [2.05, 4.69) is 6.92 Å². The van der Waals surface area contributed by atoms with Crippen molar-refractivity contribution in [3.8, 4) is 0 Å². The lowest BCUT2D eigenvalue weighted by molar-refractivity contribution is -0.147. The molecule has 5 unspecified atom stereocenters. The van der Waals surface area contributed by atoms with Gasteiger partial charge >= 0.3 is 5.97 Å². The molecule has 2 aliphatic carbocycles. The minimum atomic E-state index is -0.895. The van der Waals surface area contributed by atoms with Crippen molar-refractivity contribution in [1.82, 2.24) is 0 Å². The molecule has 0 spiro atoms. The Labute approximate surface area is 108 Å². The summed E-state index contributed by atoms with van der Waals surface area (Å²) in [5, 5.41) is 10.5. The fraction of sp³-hybridized carbons (Fsp3) is 0.667. The Hall–Kier alpha value is -1.09. The average Bonchev–Trinajstić information content (AvgIpc) is 2.69. The zero-order chi connectivity index (χ0) is 13.1. The van der Waals surface area contributed by atoms with E-state index in [-0.39, 0.29) is 29.8 Å². The van der Waals surface area contributed by atoms with Gasteiger partial charge in [0.05, 0.1) is 17.4 Å². The van der Waals surface area contributed by atoms with Crippen LogP contribution in [0.25, 0.3) is 0 Å². The highest BCUT2D eigenvalue weighted by molar-refractivity contribution is 5.75. The van der Waals surface area contributed by atoms with Crippen LogP contribution in [0.15, 0.2) is 23.3 Å². The molecule has 0 radical (unpaired) electrons. The van der Waals surface area contributed by atoms with E-state index >= 15 is 0 Å². The van der Waals surface area contributed by atoms with Crippen molar-refractivity contribution in [3.63, 3.8) is 0 Å². The maximum absolute atomic E-state index is 11.8. The van der Waals surface area contributed by atoms with Gasteiger partial charge in [0.25, 0.3) is 0 Å². The Morgan fingerprint density at radius 1 is 1.50 bits per heavy atom. The molecule has 1 N–H and O–H groups in total. The van der Waals surface area contributed by atoms with Gasteiger partial charge in [0, 0.05) is 5.92 Å². The lowest BCUT2D eigenvalue weighted by Gasteiger charge is -2.32. The maximum Gasteiger partial charge on any atom is 0.309 e. The molecule has 3 aliphatic rings. The number of aliphatic hydroxyl groups is 1. The van der Waals surface area contributed by atoms with Gasteiger partial charge in [0.2, 0.25) is 0 Å². The highest BCUT2D eigenvalue weighted by Gasteiger charge is 2.53. The van der Waals surface area contributed by atoms with Gasteiger partial charge in [0.1, 0.15) is 6.10 Å². The highest BCUT2D eigenvalue weighted by Crippen LogP contribution is 2.49. The molecule has 0 aromatic rings. The van der Waals surface area contributed by atoms with Crippen LogP contribution in [-0.4, -0.2) is 22.8 Å². The number of esters is 1. The lowest BCUT2D eigenvalue weighted by Crippen LogP contribution is -2.40. The summed E-state index contributed by atoms with van der Waals surface area (Å²) in [4.78, 5) is 11.8. The second-order valence-electron chi connectivity index (χ2n) is 6.17. The Morgan fingerprint density at radius 3 is 2.94 bits per heavy atom. The van der Waals surface area contributed by atoms with Gasteiger partial charge in [-0.25, -0.2) is 0 Å². The third-order valence-corrected chi connectivity index (χ3v) is 4.93. The number of hydrogen-bond donors (Lipinski definition) is 1. The van der Waals surface area contributed by atoms with E-state index in [9.17, 15) is 9.90 Å². The highest BCUT2D eigenvalue weighted by atomic mass is 16.6. The van der Waals surface area contributed by atoms with Crippen LogP contribution < -0.4 is 0 Å². The van der Waals surface area contributed by atoms with E-state index in [0.717, 1.165) is 12.8 Å². The van der Waals surface area contributed by atoms with Crippen LogP contribution in [0.3, 0.4) is 0 Å². The molecule has 0 amide bonds. The third-order valence-electron chi connectivity index (χ3n) is 4.93. The molecule has 3 nitrogen and oxygen atoms in total. The van der Waals surface area contributed by atoms with E-state index in [1.807, 2.05) is 26.0 Å². The van der Waals surface area contributed by atoms with E-state index < -0.39 is 5.60 Å². The van der Waals surface area contributed by atoms with E-state index in [4.69, 9.17) is 4.74 Å². The van der Waals surface area contributed by atoms with Crippen LogP contribution >= 0.6 is 0 Å². The standard InChI is InChI=1S/C15H20O3/c1-8-4-5-11-9(2)14(16)18-13(11)12-10(8)6-7-15(12,3)17/h6-7,9,11-13,17H,4-5H2,1-3H3. The summed E-state index contributed by atoms with van der Waals surface area (Å²) >= 11 is 0. The van der Waals surface area contributed by atoms with Gasteiger partial charge < -0.3 is 9.84 Å². The van der Waals surface area contributed by atoms with Crippen molar-refractivity contribution in [2.75, 3.05) is 0 Å². The minimum Gasteiger partial charge on any atom is -0.461 e. The van der Waals surface area contributed by atoms with Crippen LogP contribution in [0.4, 0.5) is 0 Å². The predicted molar refractivity (Wildman–Crippen MR) is 67.7 cm³/mol. The Kier molecular flexibility index (Phi) is 2.46. The largest absolute Gasteiger partial charge is 0.461 e. The molecule has 5 atom stereocenters. The van der Waals surface area contributed by atoms with Crippen molar-refractivity contribution >= 4 is 5.97 Å². The van der Waals surface area contributed by atoms with Crippen molar-refractivity contribution < 1.29 is 14.6 Å². The molecule has 98 valence electrons. The molecule has 1 saturated heterocycles. The van der Waals surface area contributed by atoms with E-state index in [1.165, 1.54) is 11.1 Å². The monoisotopic (exact) mass is 248 g/mol.